The number of fused-ring (bicyclic) bond motifs is 1. The molecule has 1 amide bonds. The Kier molecular flexibility index (Phi) is 4.46. The Morgan fingerprint density at radius 1 is 1.71 bits per heavy atom. The smallest absolute Gasteiger partial charge is 0.227 e. The number of hydrogen-bond donors (Lipinski definition) is 1. The Balaban J connectivity index is 1.97. The van der Waals surface area contributed by atoms with E-state index in [2.05, 4.69) is 16.8 Å². The highest BCUT2D eigenvalue weighted by Gasteiger charge is 2.27. The molecular weight excluding hydrogens is 254 g/mol. The number of amides is 1. The van der Waals surface area contributed by atoms with Gasteiger partial charge in [0.25, 0.3) is 0 Å². The first-order chi connectivity index (χ1) is 8.22. The van der Waals surface area contributed by atoms with E-state index in [4.69, 9.17) is 11.6 Å². The van der Waals surface area contributed by atoms with Crippen molar-refractivity contribution >= 4 is 28.8 Å². The summed E-state index contributed by atoms with van der Waals surface area (Å²) in [5.74, 6) is 0.189. The monoisotopic (exact) mass is 271 g/mol. The van der Waals surface area contributed by atoms with Gasteiger partial charge in [-0.15, -0.1) is 22.9 Å². The maximum atomic E-state index is 12.1. The van der Waals surface area contributed by atoms with Crippen LogP contribution in [0.4, 0.5) is 0 Å². The summed E-state index contributed by atoms with van der Waals surface area (Å²) in [6, 6.07) is 2.10. The molecule has 2 atom stereocenters. The third kappa shape index (κ3) is 3.02. The molecule has 1 heterocycles. The fourth-order valence-electron chi connectivity index (χ4n) is 2.24. The molecule has 2 rings (SSSR count). The van der Waals surface area contributed by atoms with E-state index in [1.807, 2.05) is 6.92 Å². The zero-order valence-corrected chi connectivity index (χ0v) is 11.6. The van der Waals surface area contributed by atoms with Gasteiger partial charge in [0.15, 0.2) is 0 Å². The first-order valence-corrected chi connectivity index (χ1v) is 7.52. The predicted molar refractivity (Wildman–Crippen MR) is 72.9 cm³/mol. The summed E-state index contributed by atoms with van der Waals surface area (Å²) < 4.78 is 0. The highest BCUT2D eigenvalue weighted by atomic mass is 35.5. The number of hydrogen-bond acceptors (Lipinski definition) is 2. The molecule has 0 radical (unpaired) electrons. The number of rotatable bonds is 4. The van der Waals surface area contributed by atoms with Gasteiger partial charge in [-0.1, -0.05) is 6.92 Å². The van der Waals surface area contributed by atoms with E-state index in [1.165, 1.54) is 10.4 Å². The van der Waals surface area contributed by atoms with Crippen LogP contribution in [0.1, 0.15) is 42.5 Å². The maximum Gasteiger partial charge on any atom is 0.227 e. The molecule has 0 saturated heterocycles. The van der Waals surface area contributed by atoms with Crippen LogP contribution in [0.15, 0.2) is 11.4 Å². The lowest BCUT2D eigenvalue weighted by Gasteiger charge is -2.22. The second kappa shape index (κ2) is 5.87. The summed E-state index contributed by atoms with van der Waals surface area (Å²) in [5.41, 5.74) is 1.24. The standard InChI is InChI=1S/C13H18ClNOS/c1-2-9(14)8-15-13(16)11-4-3-5-12-10(11)6-7-17-12/h6-7,9,11H,2-5,8H2,1H3,(H,15,16). The largest absolute Gasteiger partial charge is 0.354 e. The van der Waals surface area contributed by atoms with E-state index in [1.54, 1.807) is 11.3 Å². The molecule has 0 bridgehead atoms. The van der Waals surface area contributed by atoms with Crippen LogP contribution < -0.4 is 5.32 Å². The molecule has 2 nitrogen and oxygen atoms in total. The van der Waals surface area contributed by atoms with Crippen LogP contribution in [0.3, 0.4) is 0 Å². The van der Waals surface area contributed by atoms with E-state index < -0.39 is 0 Å². The van der Waals surface area contributed by atoms with E-state index in [0.29, 0.717) is 6.54 Å². The van der Waals surface area contributed by atoms with Gasteiger partial charge in [0, 0.05) is 11.4 Å². The predicted octanol–water partition coefficient (Wildman–Crippen LogP) is 3.30. The summed E-state index contributed by atoms with van der Waals surface area (Å²) >= 11 is 7.78. The molecule has 1 aromatic rings. The Labute approximate surface area is 111 Å². The number of alkyl halides is 1. The second-order valence-electron chi connectivity index (χ2n) is 4.49. The molecule has 0 spiro atoms. The van der Waals surface area contributed by atoms with Crippen molar-refractivity contribution in [2.45, 2.75) is 43.9 Å². The number of nitrogens with one attached hydrogen (secondary N) is 1. The summed E-state index contributed by atoms with van der Waals surface area (Å²) in [6.45, 7) is 2.61. The van der Waals surface area contributed by atoms with Crippen LogP contribution in [-0.4, -0.2) is 17.8 Å². The van der Waals surface area contributed by atoms with Gasteiger partial charge in [0.2, 0.25) is 5.91 Å². The van der Waals surface area contributed by atoms with Crippen molar-refractivity contribution < 1.29 is 4.79 Å². The van der Waals surface area contributed by atoms with Crippen LogP contribution in [0.25, 0.3) is 0 Å². The Bertz CT molecular complexity index is 391. The first kappa shape index (κ1) is 12.9. The molecule has 0 saturated carbocycles. The van der Waals surface area contributed by atoms with Crippen molar-refractivity contribution in [1.29, 1.82) is 0 Å². The number of halogens is 1. The van der Waals surface area contributed by atoms with Crippen LogP contribution in [-0.2, 0) is 11.2 Å². The Hall–Kier alpha value is -0.540. The molecule has 4 heteroatoms. The molecular formula is C13H18ClNOS. The number of carbonyl (C=O) groups is 1. The van der Waals surface area contributed by atoms with E-state index in [9.17, 15) is 4.79 Å². The topological polar surface area (TPSA) is 29.1 Å². The van der Waals surface area contributed by atoms with Gasteiger partial charge in [0.1, 0.15) is 0 Å². The molecule has 0 aliphatic heterocycles. The molecule has 17 heavy (non-hydrogen) atoms. The average molecular weight is 272 g/mol. The second-order valence-corrected chi connectivity index (χ2v) is 6.11. The highest BCUT2D eigenvalue weighted by Crippen LogP contribution is 2.34. The maximum absolute atomic E-state index is 12.1. The first-order valence-electron chi connectivity index (χ1n) is 6.20. The molecule has 1 aliphatic rings. The molecule has 1 N–H and O–H groups in total. The zero-order valence-electron chi connectivity index (χ0n) is 10.0. The van der Waals surface area contributed by atoms with Crippen molar-refractivity contribution in [3.05, 3.63) is 21.9 Å². The third-order valence-electron chi connectivity index (χ3n) is 3.31. The summed E-state index contributed by atoms with van der Waals surface area (Å²) in [6.07, 6.45) is 4.10. The number of carbonyl (C=O) groups excluding carboxylic acids is 1. The normalized spacial score (nSPS) is 20.7. The van der Waals surface area contributed by atoms with Crippen molar-refractivity contribution in [3.63, 3.8) is 0 Å². The van der Waals surface area contributed by atoms with Gasteiger partial charge in [-0.25, -0.2) is 0 Å². The number of aryl methyl sites for hydroxylation is 1. The zero-order chi connectivity index (χ0) is 12.3. The van der Waals surface area contributed by atoms with Gasteiger partial charge in [0.05, 0.1) is 11.3 Å². The quantitative estimate of drug-likeness (QED) is 0.837. The Morgan fingerprint density at radius 3 is 3.29 bits per heavy atom. The van der Waals surface area contributed by atoms with Crippen LogP contribution in [0.2, 0.25) is 0 Å². The summed E-state index contributed by atoms with van der Waals surface area (Å²) in [4.78, 5) is 13.5. The summed E-state index contributed by atoms with van der Waals surface area (Å²) in [7, 11) is 0. The van der Waals surface area contributed by atoms with Gasteiger partial charge < -0.3 is 5.32 Å². The van der Waals surface area contributed by atoms with Crippen molar-refractivity contribution in [2.24, 2.45) is 0 Å². The van der Waals surface area contributed by atoms with Gasteiger partial charge in [-0.3, -0.25) is 4.79 Å². The third-order valence-corrected chi connectivity index (χ3v) is 4.77. The van der Waals surface area contributed by atoms with Gasteiger partial charge >= 0.3 is 0 Å². The minimum absolute atomic E-state index is 0.0458. The molecule has 2 unspecified atom stereocenters. The minimum atomic E-state index is 0.0458. The van der Waals surface area contributed by atoms with E-state index >= 15 is 0 Å². The number of thiophene rings is 1. The fraction of sp³-hybridized carbons (Fsp3) is 0.615. The molecule has 1 aromatic heterocycles. The van der Waals surface area contributed by atoms with E-state index in [-0.39, 0.29) is 17.2 Å². The molecule has 94 valence electrons. The van der Waals surface area contributed by atoms with Crippen LogP contribution >= 0.6 is 22.9 Å². The lowest BCUT2D eigenvalue weighted by Crippen LogP contribution is -2.34. The minimum Gasteiger partial charge on any atom is -0.354 e. The Morgan fingerprint density at radius 2 is 2.53 bits per heavy atom. The lowest BCUT2D eigenvalue weighted by atomic mass is 9.87. The van der Waals surface area contributed by atoms with Gasteiger partial charge in [-0.05, 0) is 42.7 Å². The van der Waals surface area contributed by atoms with Crippen LogP contribution in [0, 0.1) is 0 Å². The fourth-order valence-corrected chi connectivity index (χ4v) is 3.30. The van der Waals surface area contributed by atoms with Crippen LogP contribution in [0.5, 0.6) is 0 Å². The van der Waals surface area contributed by atoms with E-state index in [0.717, 1.165) is 25.7 Å². The van der Waals surface area contributed by atoms with Crippen molar-refractivity contribution in [1.82, 2.24) is 5.32 Å². The average Bonchev–Trinajstić information content (AvgIpc) is 2.83. The molecule has 0 aromatic carbocycles. The van der Waals surface area contributed by atoms with Gasteiger partial charge in [-0.2, -0.15) is 0 Å². The highest BCUT2D eigenvalue weighted by molar-refractivity contribution is 7.10. The lowest BCUT2D eigenvalue weighted by molar-refractivity contribution is -0.122. The molecule has 1 aliphatic carbocycles. The van der Waals surface area contributed by atoms with Crippen molar-refractivity contribution in [2.75, 3.05) is 6.54 Å². The SMILES string of the molecule is CCC(Cl)CNC(=O)C1CCCc2sccc21. The summed E-state index contributed by atoms with van der Waals surface area (Å²) in [5, 5.41) is 5.10. The molecule has 0 fully saturated rings. The van der Waals surface area contributed by atoms with Crippen molar-refractivity contribution in [3.8, 4) is 0 Å².